The summed E-state index contributed by atoms with van der Waals surface area (Å²) in [4.78, 5) is 17.3. The van der Waals surface area contributed by atoms with Crippen LogP contribution >= 0.6 is 24.0 Å². The molecule has 0 aliphatic heterocycles. The molecule has 1 aromatic rings. The summed E-state index contributed by atoms with van der Waals surface area (Å²) in [6.45, 7) is 5.11. The number of carbonyl (C=O) groups excluding carboxylic acids is 1. The van der Waals surface area contributed by atoms with E-state index in [0.717, 1.165) is 25.3 Å². The summed E-state index contributed by atoms with van der Waals surface area (Å²) in [5.74, 6) is 1.05. The molecule has 1 aromatic heterocycles. The van der Waals surface area contributed by atoms with Crippen molar-refractivity contribution in [3.05, 3.63) is 36.3 Å². The average molecular weight is 434 g/mol. The number of guanidine groups is 1. The van der Waals surface area contributed by atoms with Crippen molar-refractivity contribution >= 4 is 35.8 Å². The first-order valence-electron chi connectivity index (χ1n) is 7.49. The summed E-state index contributed by atoms with van der Waals surface area (Å²) >= 11 is 0. The van der Waals surface area contributed by atoms with E-state index in [1.807, 2.05) is 13.1 Å². The first kappa shape index (κ1) is 21.5. The lowest BCUT2D eigenvalue weighted by molar-refractivity contribution is 0.0972. The van der Waals surface area contributed by atoms with Crippen LogP contribution in [-0.2, 0) is 6.54 Å². The van der Waals surface area contributed by atoms with Gasteiger partial charge in [0.1, 0.15) is 5.76 Å². The van der Waals surface area contributed by atoms with E-state index < -0.39 is 5.91 Å². The Hall–Kier alpha value is -1.51. The number of hydrogen-bond donors (Lipinski definition) is 2. The molecule has 0 aromatic carbocycles. The SMILES string of the molecule is C=CCCCCCN(C)C(=NC)NCc1ccc(C(N)=O)o1.I. The van der Waals surface area contributed by atoms with Gasteiger partial charge >= 0.3 is 0 Å². The number of allylic oxidation sites excluding steroid dienone is 1. The van der Waals surface area contributed by atoms with Crippen LogP contribution in [0.5, 0.6) is 0 Å². The summed E-state index contributed by atoms with van der Waals surface area (Å²) in [7, 11) is 3.74. The van der Waals surface area contributed by atoms with E-state index in [0.29, 0.717) is 12.3 Å². The Bertz CT molecular complexity index is 514. The van der Waals surface area contributed by atoms with Gasteiger partial charge in [0.2, 0.25) is 0 Å². The van der Waals surface area contributed by atoms with Crippen molar-refractivity contribution < 1.29 is 9.21 Å². The molecular weight excluding hydrogens is 407 g/mol. The Morgan fingerprint density at radius 1 is 1.43 bits per heavy atom. The van der Waals surface area contributed by atoms with E-state index in [9.17, 15) is 4.79 Å². The standard InChI is InChI=1S/C16H26N4O2.HI/c1-4-5-6-7-8-11-20(3)16(18-2)19-12-13-9-10-14(22-13)15(17)21;/h4,9-10H,1,5-8,11-12H2,2-3H3,(H2,17,21)(H,18,19);1H. The second-order valence-electron chi connectivity index (χ2n) is 5.09. The van der Waals surface area contributed by atoms with E-state index in [1.54, 1.807) is 19.2 Å². The first-order valence-corrected chi connectivity index (χ1v) is 7.49. The van der Waals surface area contributed by atoms with E-state index in [4.69, 9.17) is 10.2 Å². The molecule has 7 heteroatoms. The normalized spacial score (nSPS) is 10.8. The monoisotopic (exact) mass is 434 g/mol. The zero-order valence-corrected chi connectivity index (χ0v) is 16.2. The largest absolute Gasteiger partial charge is 0.454 e. The van der Waals surface area contributed by atoms with Gasteiger partial charge in [-0.3, -0.25) is 9.79 Å². The van der Waals surface area contributed by atoms with Crippen molar-refractivity contribution in [3.63, 3.8) is 0 Å². The number of carbonyl (C=O) groups is 1. The Kier molecular flexibility index (Phi) is 11.2. The van der Waals surface area contributed by atoms with E-state index >= 15 is 0 Å². The predicted octanol–water partition coefficient (Wildman–Crippen LogP) is 2.75. The molecule has 0 spiro atoms. The van der Waals surface area contributed by atoms with E-state index in [1.165, 1.54) is 12.8 Å². The summed E-state index contributed by atoms with van der Waals surface area (Å²) in [5.41, 5.74) is 5.16. The Balaban J connectivity index is 0.00000484. The fourth-order valence-corrected chi connectivity index (χ4v) is 2.08. The summed E-state index contributed by atoms with van der Waals surface area (Å²) in [6, 6.07) is 3.31. The van der Waals surface area contributed by atoms with Crippen LogP contribution in [-0.4, -0.2) is 37.4 Å². The molecule has 130 valence electrons. The minimum Gasteiger partial charge on any atom is -0.454 e. The third kappa shape index (κ3) is 8.06. The first-order chi connectivity index (χ1) is 10.6. The topological polar surface area (TPSA) is 83.9 Å². The van der Waals surface area contributed by atoms with E-state index in [2.05, 4.69) is 21.8 Å². The van der Waals surface area contributed by atoms with Crippen molar-refractivity contribution in [1.82, 2.24) is 10.2 Å². The molecule has 1 heterocycles. The van der Waals surface area contributed by atoms with Gasteiger partial charge in [0.15, 0.2) is 11.7 Å². The lowest BCUT2D eigenvalue weighted by atomic mass is 10.2. The fraction of sp³-hybridized carbons (Fsp3) is 0.500. The van der Waals surface area contributed by atoms with Crippen LogP contribution in [0.2, 0.25) is 0 Å². The third-order valence-corrected chi connectivity index (χ3v) is 3.30. The number of primary amides is 1. The molecule has 1 rings (SSSR count). The number of nitrogens with one attached hydrogen (secondary N) is 1. The van der Waals surface area contributed by atoms with Crippen LogP contribution in [0.15, 0.2) is 34.2 Å². The van der Waals surface area contributed by atoms with Gasteiger partial charge in [0.25, 0.3) is 5.91 Å². The maximum absolute atomic E-state index is 11.0. The molecule has 0 atom stereocenters. The maximum Gasteiger partial charge on any atom is 0.284 e. The highest BCUT2D eigenvalue weighted by molar-refractivity contribution is 14.0. The summed E-state index contributed by atoms with van der Waals surface area (Å²) in [6.07, 6.45) is 6.47. The molecule has 0 saturated heterocycles. The number of aliphatic imine (C=N–C) groups is 1. The molecule has 3 N–H and O–H groups in total. The molecule has 0 bridgehead atoms. The lowest BCUT2D eigenvalue weighted by Gasteiger charge is -2.21. The maximum atomic E-state index is 11.0. The molecule has 0 unspecified atom stereocenters. The molecule has 0 fully saturated rings. The highest BCUT2D eigenvalue weighted by Crippen LogP contribution is 2.07. The molecule has 6 nitrogen and oxygen atoms in total. The van der Waals surface area contributed by atoms with Crippen LogP contribution in [0.1, 0.15) is 42.0 Å². The molecule has 1 amide bonds. The van der Waals surface area contributed by atoms with Crippen LogP contribution in [0, 0.1) is 0 Å². The van der Waals surface area contributed by atoms with Crippen LogP contribution in [0.3, 0.4) is 0 Å². The summed E-state index contributed by atoms with van der Waals surface area (Å²) < 4.78 is 5.33. The van der Waals surface area contributed by atoms with Crippen molar-refractivity contribution in [2.75, 3.05) is 20.6 Å². The Labute approximate surface area is 155 Å². The molecule has 0 radical (unpaired) electrons. The van der Waals surface area contributed by atoms with Gasteiger partial charge in [-0.1, -0.05) is 12.5 Å². The van der Waals surface area contributed by atoms with Crippen molar-refractivity contribution in [3.8, 4) is 0 Å². The number of unbranched alkanes of at least 4 members (excludes halogenated alkanes) is 3. The van der Waals surface area contributed by atoms with Gasteiger partial charge in [-0.05, 0) is 31.4 Å². The number of rotatable bonds is 9. The third-order valence-electron chi connectivity index (χ3n) is 3.30. The minimum atomic E-state index is -0.563. The van der Waals surface area contributed by atoms with Gasteiger partial charge in [-0.15, -0.1) is 30.6 Å². The number of furan rings is 1. The Morgan fingerprint density at radius 2 is 2.17 bits per heavy atom. The fourth-order valence-electron chi connectivity index (χ4n) is 2.08. The highest BCUT2D eigenvalue weighted by Gasteiger charge is 2.09. The Morgan fingerprint density at radius 3 is 2.74 bits per heavy atom. The van der Waals surface area contributed by atoms with Crippen LogP contribution in [0.25, 0.3) is 0 Å². The molecule has 0 aliphatic rings. The average Bonchev–Trinajstić information content (AvgIpc) is 2.97. The molecule has 0 saturated carbocycles. The molecule has 23 heavy (non-hydrogen) atoms. The number of hydrogen-bond acceptors (Lipinski definition) is 3. The van der Waals surface area contributed by atoms with Gasteiger partial charge in [0, 0.05) is 20.6 Å². The van der Waals surface area contributed by atoms with Crippen molar-refractivity contribution in [1.29, 1.82) is 0 Å². The number of nitrogens with zero attached hydrogens (tertiary/aromatic N) is 2. The summed E-state index contributed by atoms with van der Waals surface area (Å²) in [5, 5.41) is 3.20. The second-order valence-corrected chi connectivity index (χ2v) is 5.09. The van der Waals surface area contributed by atoms with Crippen LogP contribution in [0.4, 0.5) is 0 Å². The number of halogens is 1. The predicted molar refractivity (Wildman–Crippen MR) is 104 cm³/mol. The van der Waals surface area contributed by atoms with Crippen molar-refractivity contribution in [2.24, 2.45) is 10.7 Å². The smallest absolute Gasteiger partial charge is 0.284 e. The van der Waals surface area contributed by atoms with Gasteiger partial charge in [-0.2, -0.15) is 0 Å². The van der Waals surface area contributed by atoms with E-state index in [-0.39, 0.29) is 29.7 Å². The minimum absolute atomic E-state index is 0. The molecule has 0 aliphatic carbocycles. The zero-order valence-electron chi connectivity index (χ0n) is 13.9. The van der Waals surface area contributed by atoms with Crippen LogP contribution < -0.4 is 11.1 Å². The lowest BCUT2D eigenvalue weighted by Crippen LogP contribution is -2.38. The number of amides is 1. The quantitative estimate of drug-likeness (QED) is 0.206. The van der Waals surface area contributed by atoms with Gasteiger partial charge < -0.3 is 20.4 Å². The number of nitrogens with two attached hydrogens (primary N) is 1. The highest BCUT2D eigenvalue weighted by atomic mass is 127. The zero-order chi connectivity index (χ0) is 16.4. The van der Waals surface area contributed by atoms with Gasteiger partial charge in [0.05, 0.1) is 6.54 Å². The van der Waals surface area contributed by atoms with Gasteiger partial charge in [-0.25, -0.2) is 0 Å². The van der Waals surface area contributed by atoms with Crippen molar-refractivity contribution in [2.45, 2.75) is 32.2 Å². The second kappa shape index (κ2) is 12.0. The molecular formula is C16H27IN4O2.